The number of aryl methyl sites for hydroxylation is 3. The SMILES string of the molecule is Cc1cc(C)cc(NC(=O)NCc2ccc(C)o2)c1. The quantitative estimate of drug-likeness (QED) is 0.885. The highest BCUT2D eigenvalue weighted by Crippen LogP contribution is 2.13. The first-order chi connectivity index (χ1) is 9.02. The second-order valence-corrected chi connectivity index (χ2v) is 4.70. The summed E-state index contributed by atoms with van der Waals surface area (Å²) < 4.78 is 5.38. The van der Waals surface area contributed by atoms with Crippen LogP contribution >= 0.6 is 0 Å². The minimum Gasteiger partial charge on any atom is -0.465 e. The van der Waals surface area contributed by atoms with Crippen molar-refractivity contribution in [1.82, 2.24) is 5.32 Å². The lowest BCUT2D eigenvalue weighted by Crippen LogP contribution is -2.28. The fraction of sp³-hybridized carbons (Fsp3) is 0.267. The van der Waals surface area contributed by atoms with Gasteiger partial charge in [0.05, 0.1) is 6.54 Å². The van der Waals surface area contributed by atoms with Crippen LogP contribution in [-0.2, 0) is 6.54 Å². The van der Waals surface area contributed by atoms with Crippen molar-refractivity contribution < 1.29 is 9.21 Å². The molecule has 0 aliphatic rings. The zero-order valence-electron chi connectivity index (χ0n) is 11.4. The second-order valence-electron chi connectivity index (χ2n) is 4.70. The Kier molecular flexibility index (Phi) is 3.90. The second kappa shape index (κ2) is 5.61. The molecule has 100 valence electrons. The number of benzene rings is 1. The molecule has 0 saturated carbocycles. The molecule has 0 atom stereocenters. The third-order valence-corrected chi connectivity index (χ3v) is 2.70. The van der Waals surface area contributed by atoms with E-state index in [1.165, 1.54) is 0 Å². The number of carbonyl (C=O) groups excluding carboxylic acids is 1. The summed E-state index contributed by atoms with van der Waals surface area (Å²) in [5, 5.41) is 5.56. The molecule has 19 heavy (non-hydrogen) atoms. The number of rotatable bonds is 3. The van der Waals surface area contributed by atoms with Crippen LogP contribution in [0.25, 0.3) is 0 Å². The van der Waals surface area contributed by atoms with Gasteiger partial charge in [-0.2, -0.15) is 0 Å². The summed E-state index contributed by atoms with van der Waals surface area (Å²) in [4.78, 5) is 11.8. The zero-order chi connectivity index (χ0) is 13.8. The molecule has 0 aliphatic heterocycles. The first-order valence-electron chi connectivity index (χ1n) is 6.21. The lowest BCUT2D eigenvalue weighted by Gasteiger charge is -2.08. The van der Waals surface area contributed by atoms with Crippen molar-refractivity contribution in [3.05, 3.63) is 53.0 Å². The normalized spacial score (nSPS) is 10.3. The Morgan fingerprint density at radius 2 is 1.79 bits per heavy atom. The molecule has 1 aromatic heterocycles. The fourth-order valence-corrected chi connectivity index (χ4v) is 1.97. The van der Waals surface area contributed by atoms with Crippen molar-refractivity contribution in [2.24, 2.45) is 0 Å². The molecule has 4 nitrogen and oxygen atoms in total. The average molecular weight is 258 g/mol. The highest BCUT2D eigenvalue weighted by atomic mass is 16.3. The lowest BCUT2D eigenvalue weighted by atomic mass is 10.1. The van der Waals surface area contributed by atoms with E-state index in [9.17, 15) is 4.79 Å². The molecule has 2 N–H and O–H groups in total. The van der Waals surface area contributed by atoms with Crippen LogP contribution in [-0.4, -0.2) is 6.03 Å². The van der Waals surface area contributed by atoms with Crippen molar-refractivity contribution in [2.75, 3.05) is 5.32 Å². The summed E-state index contributed by atoms with van der Waals surface area (Å²) in [5.74, 6) is 1.58. The Morgan fingerprint density at radius 1 is 1.11 bits per heavy atom. The van der Waals surface area contributed by atoms with Crippen LogP contribution < -0.4 is 10.6 Å². The fourth-order valence-electron chi connectivity index (χ4n) is 1.97. The predicted molar refractivity (Wildman–Crippen MR) is 75.2 cm³/mol. The smallest absolute Gasteiger partial charge is 0.319 e. The van der Waals surface area contributed by atoms with Crippen molar-refractivity contribution in [3.8, 4) is 0 Å². The number of urea groups is 1. The van der Waals surface area contributed by atoms with Crippen LogP contribution in [0.15, 0.2) is 34.7 Å². The Bertz CT molecular complexity index is 567. The largest absolute Gasteiger partial charge is 0.465 e. The molecule has 1 aromatic carbocycles. The van der Waals surface area contributed by atoms with Gasteiger partial charge in [0.15, 0.2) is 0 Å². The molecule has 2 aromatic rings. The topological polar surface area (TPSA) is 54.3 Å². The number of anilines is 1. The van der Waals surface area contributed by atoms with Crippen LogP contribution in [0.2, 0.25) is 0 Å². The summed E-state index contributed by atoms with van der Waals surface area (Å²) in [5.41, 5.74) is 3.04. The molecular weight excluding hydrogens is 240 g/mol. The molecule has 0 bridgehead atoms. The van der Waals surface area contributed by atoms with Crippen LogP contribution in [0.3, 0.4) is 0 Å². The first kappa shape index (κ1) is 13.2. The summed E-state index contributed by atoms with van der Waals surface area (Å²) in [6.07, 6.45) is 0. The molecule has 0 saturated heterocycles. The van der Waals surface area contributed by atoms with Gasteiger partial charge in [0.25, 0.3) is 0 Å². The number of amides is 2. The van der Waals surface area contributed by atoms with E-state index in [0.29, 0.717) is 6.54 Å². The summed E-state index contributed by atoms with van der Waals surface area (Å²) in [7, 11) is 0. The average Bonchev–Trinajstić information content (AvgIpc) is 2.71. The predicted octanol–water partition coefficient (Wildman–Crippen LogP) is 3.53. The summed E-state index contributed by atoms with van der Waals surface area (Å²) >= 11 is 0. The van der Waals surface area contributed by atoms with Gasteiger partial charge >= 0.3 is 6.03 Å². The van der Waals surface area contributed by atoms with E-state index in [1.807, 2.05) is 45.0 Å². The third-order valence-electron chi connectivity index (χ3n) is 2.70. The molecule has 0 spiro atoms. The number of carbonyl (C=O) groups is 1. The first-order valence-corrected chi connectivity index (χ1v) is 6.21. The van der Waals surface area contributed by atoms with Gasteiger partial charge in [-0.3, -0.25) is 0 Å². The van der Waals surface area contributed by atoms with E-state index in [4.69, 9.17) is 4.42 Å². The van der Waals surface area contributed by atoms with E-state index in [0.717, 1.165) is 28.3 Å². The van der Waals surface area contributed by atoms with E-state index in [-0.39, 0.29) is 6.03 Å². The van der Waals surface area contributed by atoms with Gasteiger partial charge in [-0.15, -0.1) is 0 Å². The van der Waals surface area contributed by atoms with E-state index in [1.54, 1.807) is 0 Å². The molecule has 0 radical (unpaired) electrons. The zero-order valence-corrected chi connectivity index (χ0v) is 11.4. The van der Waals surface area contributed by atoms with Gasteiger partial charge in [0, 0.05) is 5.69 Å². The summed E-state index contributed by atoms with van der Waals surface area (Å²) in [6.45, 7) is 6.26. The van der Waals surface area contributed by atoms with Crippen LogP contribution in [0, 0.1) is 20.8 Å². The Labute approximate surface area is 112 Å². The summed E-state index contributed by atoms with van der Waals surface area (Å²) in [6, 6.07) is 9.42. The number of hydrogen-bond donors (Lipinski definition) is 2. The number of nitrogens with one attached hydrogen (secondary N) is 2. The Hall–Kier alpha value is -2.23. The number of furan rings is 1. The maximum Gasteiger partial charge on any atom is 0.319 e. The maximum absolute atomic E-state index is 11.8. The Morgan fingerprint density at radius 3 is 2.37 bits per heavy atom. The van der Waals surface area contributed by atoms with Crippen molar-refractivity contribution >= 4 is 11.7 Å². The highest BCUT2D eigenvalue weighted by molar-refractivity contribution is 5.89. The van der Waals surface area contributed by atoms with Crippen molar-refractivity contribution in [1.29, 1.82) is 0 Å². The van der Waals surface area contributed by atoms with E-state index < -0.39 is 0 Å². The lowest BCUT2D eigenvalue weighted by molar-refractivity contribution is 0.250. The van der Waals surface area contributed by atoms with Gasteiger partial charge in [0.1, 0.15) is 11.5 Å². The molecule has 4 heteroatoms. The van der Waals surface area contributed by atoms with Gasteiger partial charge in [-0.1, -0.05) is 6.07 Å². The molecular formula is C15H18N2O2. The van der Waals surface area contributed by atoms with Gasteiger partial charge in [-0.25, -0.2) is 4.79 Å². The molecule has 0 aliphatic carbocycles. The van der Waals surface area contributed by atoms with Gasteiger partial charge in [0.2, 0.25) is 0 Å². The van der Waals surface area contributed by atoms with Crippen molar-refractivity contribution in [2.45, 2.75) is 27.3 Å². The maximum atomic E-state index is 11.8. The third kappa shape index (κ3) is 3.88. The highest BCUT2D eigenvalue weighted by Gasteiger charge is 2.04. The van der Waals surface area contributed by atoms with Crippen LogP contribution in [0.4, 0.5) is 10.5 Å². The van der Waals surface area contributed by atoms with E-state index in [2.05, 4.69) is 16.7 Å². The van der Waals surface area contributed by atoms with Crippen molar-refractivity contribution in [3.63, 3.8) is 0 Å². The molecule has 0 unspecified atom stereocenters. The van der Waals surface area contributed by atoms with Crippen LogP contribution in [0.5, 0.6) is 0 Å². The molecule has 1 heterocycles. The molecule has 2 amide bonds. The van der Waals surface area contributed by atoms with Gasteiger partial charge in [-0.05, 0) is 56.2 Å². The minimum absolute atomic E-state index is 0.237. The van der Waals surface area contributed by atoms with E-state index >= 15 is 0 Å². The van der Waals surface area contributed by atoms with Crippen LogP contribution in [0.1, 0.15) is 22.6 Å². The van der Waals surface area contributed by atoms with Gasteiger partial charge < -0.3 is 15.1 Å². The molecule has 0 fully saturated rings. The monoisotopic (exact) mass is 258 g/mol. The Balaban J connectivity index is 1.90. The standard InChI is InChI=1S/C15H18N2O2/c1-10-6-11(2)8-13(7-10)17-15(18)16-9-14-5-4-12(3)19-14/h4-8H,9H2,1-3H3,(H2,16,17,18). The number of hydrogen-bond acceptors (Lipinski definition) is 2. The minimum atomic E-state index is -0.237. The molecule has 2 rings (SSSR count).